The molecule has 0 atom stereocenters. The summed E-state index contributed by atoms with van der Waals surface area (Å²) in [4.78, 5) is 20.8. The minimum atomic E-state index is -0.875. The highest BCUT2D eigenvalue weighted by Crippen LogP contribution is 2.45. The van der Waals surface area contributed by atoms with Gasteiger partial charge in [0.2, 0.25) is 0 Å². The van der Waals surface area contributed by atoms with Gasteiger partial charge in [-0.1, -0.05) is 11.6 Å². The van der Waals surface area contributed by atoms with Crippen LogP contribution >= 0.6 is 11.6 Å². The second-order valence-electron chi connectivity index (χ2n) is 8.78. The molecule has 2 fully saturated rings. The van der Waals surface area contributed by atoms with Gasteiger partial charge in [0.05, 0.1) is 16.7 Å². The predicted octanol–water partition coefficient (Wildman–Crippen LogP) is 5.05. The fraction of sp³-hybridized carbons (Fsp3) is 0.280. The normalized spacial score (nSPS) is 16.0. The van der Waals surface area contributed by atoms with Gasteiger partial charge in [0.25, 0.3) is 0 Å². The van der Waals surface area contributed by atoms with Crippen molar-refractivity contribution in [3.8, 4) is 11.4 Å². The van der Waals surface area contributed by atoms with Crippen molar-refractivity contribution in [2.45, 2.75) is 18.8 Å². The Bertz CT molecular complexity index is 1420. The van der Waals surface area contributed by atoms with Gasteiger partial charge in [-0.3, -0.25) is 4.98 Å². The van der Waals surface area contributed by atoms with Gasteiger partial charge in [-0.15, -0.1) is 0 Å². The molecule has 178 valence electrons. The lowest BCUT2D eigenvalue weighted by Crippen LogP contribution is -2.44. The molecule has 1 aliphatic heterocycles. The van der Waals surface area contributed by atoms with Gasteiger partial charge in [0.1, 0.15) is 23.1 Å². The Morgan fingerprint density at radius 1 is 1.06 bits per heavy atom. The predicted molar refractivity (Wildman–Crippen MR) is 132 cm³/mol. The Morgan fingerprint density at radius 3 is 2.69 bits per heavy atom. The number of rotatable bonds is 5. The van der Waals surface area contributed by atoms with E-state index in [9.17, 15) is 8.78 Å². The van der Waals surface area contributed by atoms with Crippen molar-refractivity contribution in [3.63, 3.8) is 0 Å². The van der Waals surface area contributed by atoms with Crippen LogP contribution < -0.4 is 15.5 Å². The lowest BCUT2D eigenvalue weighted by molar-refractivity contribution is 0.586. The number of piperazine rings is 1. The standard InChI is InChI=1S/C25H22ClF2N7/c26-17-3-4-18(27)23(22(17)28)33-20-11-15(5-6-31-20)24-32-19-13-30-12-16(14-1-2-14)21(19)25(34-24)35-9-7-29-8-10-35/h3-6,11-14,29H,1-2,7-10H2,(H,31,33). The van der Waals surface area contributed by atoms with E-state index in [-0.39, 0.29) is 16.5 Å². The summed E-state index contributed by atoms with van der Waals surface area (Å²) in [5, 5.41) is 6.98. The lowest BCUT2D eigenvalue weighted by Gasteiger charge is -2.30. The molecule has 0 radical (unpaired) electrons. The Kier molecular flexibility index (Phi) is 5.66. The Labute approximate surface area is 205 Å². The number of hydrogen-bond acceptors (Lipinski definition) is 7. The highest BCUT2D eigenvalue weighted by Gasteiger charge is 2.29. The van der Waals surface area contributed by atoms with Gasteiger partial charge in [-0.2, -0.15) is 0 Å². The third kappa shape index (κ3) is 4.26. The van der Waals surface area contributed by atoms with Crippen molar-refractivity contribution >= 4 is 39.8 Å². The number of nitrogens with zero attached hydrogens (tertiary/aromatic N) is 5. The summed E-state index contributed by atoms with van der Waals surface area (Å²) < 4.78 is 28.7. The third-order valence-electron chi connectivity index (χ3n) is 6.37. The van der Waals surface area contributed by atoms with Crippen molar-refractivity contribution in [2.24, 2.45) is 0 Å². The van der Waals surface area contributed by atoms with Gasteiger partial charge in [-0.25, -0.2) is 23.7 Å². The molecular weight excluding hydrogens is 472 g/mol. The number of nitrogens with one attached hydrogen (secondary N) is 2. The van der Waals surface area contributed by atoms with Gasteiger partial charge in [-0.05, 0) is 48.6 Å². The molecule has 35 heavy (non-hydrogen) atoms. The van der Waals surface area contributed by atoms with Crippen molar-refractivity contribution in [1.82, 2.24) is 25.3 Å². The van der Waals surface area contributed by atoms with Gasteiger partial charge in [0, 0.05) is 49.5 Å². The first-order valence-electron chi connectivity index (χ1n) is 11.6. The molecular formula is C25H22ClF2N7. The summed E-state index contributed by atoms with van der Waals surface area (Å²) in [7, 11) is 0. The molecule has 1 aromatic carbocycles. The van der Waals surface area contributed by atoms with Crippen LogP contribution in [0, 0.1) is 11.6 Å². The molecule has 3 aromatic heterocycles. The number of benzene rings is 1. The molecule has 1 aliphatic carbocycles. The molecule has 2 N–H and O–H groups in total. The zero-order valence-corrected chi connectivity index (χ0v) is 19.5. The van der Waals surface area contributed by atoms with E-state index in [1.54, 1.807) is 24.5 Å². The number of anilines is 3. The van der Waals surface area contributed by atoms with E-state index in [1.807, 2.05) is 6.20 Å². The van der Waals surface area contributed by atoms with Gasteiger partial charge >= 0.3 is 0 Å². The molecule has 0 amide bonds. The quantitative estimate of drug-likeness (QED) is 0.377. The van der Waals surface area contributed by atoms with Crippen LogP contribution in [0.15, 0.2) is 42.9 Å². The zero-order valence-electron chi connectivity index (χ0n) is 18.7. The summed E-state index contributed by atoms with van der Waals surface area (Å²) in [5.41, 5.74) is 2.29. The second-order valence-corrected chi connectivity index (χ2v) is 9.19. The fourth-order valence-electron chi connectivity index (χ4n) is 4.44. The number of aromatic nitrogens is 4. The minimum Gasteiger partial charge on any atom is -0.353 e. The zero-order chi connectivity index (χ0) is 23.9. The molecule has 0 spiro atoms. The van der Waals surface area contributed by atoms with Crippen LogP contribution in [0.25, 0.3) is 22.3 Å². The molecule has 0 bridgehead atoms. The maximum atomic E-state index is 14.4. The van der Waals surface area contributed by atoms with Crippen LogP contribution in [0.4, 0.5) is 26.1 Å². The van der Waals surface area contributed by atoms with E-state index in [0.717, 1.165) is 61.8 Å². The van der Waals surface area contributed by atoms with E-state index >= 15 is 0 Å². The molecule has 10 heteroatoms. The van der Waals surface area contributed by atoms with E-state index in [4.69, 9.17) is 21.6 Å². The van der Waals surface area contributed by atoms with Crippen molar-refractivity contribution in [2.75, 3.05) is 36.4 Å². The Balaban J connectivity index is 1.44. The van der Waals surface area contributed by atoms with Crippen LogP contribution in [0.5, 0.6) is 0 Å². The number of halogens is 3. The van der Waals surface area contributed by atoms with Gasteiger partial charge in [0.15, 0.2) is 11.6 Å². The SMILES string of the molecule is Fc1ccc(Cl)c(F)c1Nc1cc(-c2nc(N3CCNCC3)c3c(C4CC4)cncc3n2)ccn1. The molecule has 2 aliphatic rings. The van der Waals surface area contributed by atoms with Crippen LogP contribution in [0.1, 0.15) is 24.3 Å². The highest BCUT2D eigenvalue weighted by molar-refractivity contribution is 6.31. The average Bonchev–Trinajstić information content (AvgIpc) is 3.74. The number of hydrogen-bond donors (Lipinski definition) is 2. The number of pyridine rings is 2. The Hall–Kier alpha value is -3.43. The molecule has 4 aromatic rings. The average molecular weight is 494 g/mol. The van der Waals surface area contributed by atoms with Crippen molar-refractivity contribution in [1.29, 1.82) is 0 Å². The summed E-state index contributed by atoms with van der Waals surface area (Å²) in [5.74, 6) is 0.509. The third-order valence-corrected chi connectivity index (χ3v) is 6.66. The summed E-state index contributed by atoms with van der Waals surface area (Å²) in [6, 6.07) is 5.72. The first-order chi connectivity index (χ1) is 17.1. The van der Waals surface area contributed by atoms with Crippen LogP contribution in [0.3, 0.4) is 0 Å². The molecule has 1 saturated carbocycles. The first kappa shape index (κ1) is 22.1. The maximum absolute atomic E-state index is 14.4. The van der Waals surface area contributed by atoms with Crippen LogP contribution in [-0.4, -0.2) is 46.1 Å². The molecule has 1 saturated heterocycles. The smallest absolute Gasteiger partial charge is 0.168 e. The van der Waals surface area contributed by atoms with Crippen molar-refractivity contribution in [3.05, 3.63) is 65.1 Å². The van der Waals surface area contributed by atoms with Crippen LogP contribution in [-0.2, 0) is 0 Å². The number of fused-ring (bicyclic) bond motifs is 1. The fourth-order valence-corrected chi connectivity index (χ4v) is 4.59. The first-order valence-corrected chi connectivity index (χ1v) is 11.9. The second kappa shape index (κ2) is 8.98. The molecule has 4 heterocycles. The monoisotopic (exact) mass is 493 g/mol. The van der Waals surface area contributed by atoms with Crippen molar-refractivity contribution < 1.29 is 8.78 Å². The molecule has 6 rings (SSSR count). The van der Waals surface area contributed by atoms with E-state index < -0.39 is 11.6 Å². The Morgan fingerprint density at radius 2 is 1.89 bits per heavy atom. The molecule has 0 unspecified atom stereocenters. The maximum Gasteiger partial charge on any atom is 0.168 e. The largest absolute Gasteiger partial charge is 0.353 e. The van der Waals surface area contributed by atoms with E-state index in [2.05, 4.69) is 25.5 Å². The highest BCUT2D eigenvalue weighted by atomic mass is 35.5. The molecule has 7 nitrogen and oxygen atoms in total. The minimum absolute atomic E-state index is 0.178. The summed E-state index contributed by atoms with van der Waals surface area (Å²) in [6.45, 7) is 3.44. The van der Waals surface area contributed by atoms with E-state index in [1.165, 1.54) is 11.6 Å². The summed E-state index contributed by atoms with van der Waals surface area (Å²) in [6.07, 6.45) is 7.57. The van der Waals surface area contributed by atoms with Gasteiger partial charge < -0.3 is 15.5 Å². The lowest BCUT2D eigenvalue weighted by atomic mass is 10.1. The topological polar surface area (TPSA) is 78.9 Å². The van der Waals surface area contributed by atoms with Crippen LogP contribution in [0.2, 0.25) is 5.02 Å². The van der Waals surface area contributed by atoms with E-state index in [0.29, 0.717) is 17.3 Å². The summed E-state index contributed by atoms with van der Waals surface area (Å²) >= 11 is 5.83.